The molecule has 0 aliphatic heterocycles. The maximum atomic E-state index is 12.2. The van der Waals surface area contributed by atoms with Gasteiger partial charge in [-0.15, -0.1) is 0 Å². The summed E-state index contributed by atoms with van der Waals surface area (Å²) >= 11 is 7.31. The van der Waals surface area contributed by atoms with Crippen LogP contribution < -0.4 is 16.3 Å². The molecule has 1 heterocycles. The van der Waals surface area contributed by atoms with Crippen molar-refractivity contribution in [1.82, 2.24) is 5.32 Å². The van der Waals surface area contributed by atoms with Gasteiger partial charge in [0, 0.05) is 26.3 Å². The number of hydrogen-bond acceptors (Lipinski definition) is 4. The van der Waals surface area contributed by atoms with Crippen LogP contribution in [0, 0.1) is 3.57 Å². The van der Waals surface area contributed by atoms with Gasteiger partial charge in [0.05, 0.1) is 0 Å². The zero-order valence-corrected chi connectivity index (χ0v) is 15.2. The standard InChI is InChI=1S/C17H11IN2O3S/c18-12-3-1-2-11(8-12)16(22)20-17(24)19-13-5-6-14-10(9-13)4-7-15(21)23-14/h1-9H,(H2,19,20,22,24). The minimum atomic E-state index is -0.400. The molecule has 120 valence electrons. The summed E-state index contributed by atoms with van der Waals surface area (Å²) in [5, 5.41) is 6.52. The van der Waals surface area contributed by atoms with Crippen LogP contribution in [0.15, 0.2) is 63.8 Å². The summed E-state index contributed by atoms with van der Waals surface area (Å²) in [4.78, 5) is 23.3. The first-order valence-electron chi connectivity index (χ1n) is 6.93. The molecule has 0 unspecified atom stereocenters. The molecule has 0 saturated heterocycles. The topological polar surface area (TPSA) is 71.3 Å². The van der Waals surface area contributed by atoms with E-state index in [0.29, 0.717) is 16.8 Å². The van der Waals surface area contributed by atoms with E-state index in [1.807, 2.05) is 12.1 Å². The summed E-state index contributed by atoms with van der Waals surface area (Å²) in [6, 6.07) is 15.4. The van der Waals surface area contributed by atoms with Gasteiger partial charge in [-0.3, -0.25) is 10.1 Å². The van der Waals surface area contributed by atoms with Gasteiger partial charge in [0.15, 0.2) is 5.11 Å². The number of hydrogen-bond donors (Lipinski definition) is 2. The van der Waals surface area contributed by atoms with E-state index in [2.05, 4.69) is 33.2 Å². The molecule has 3 rings (SSSR count). The number of thiocarbonyl (C=S) groups is 1. The molecule has 1 amide bonds. The van der Waals surface area contributed by atoms with Gasteiger partial charge in [0.25, 0.3) is 5.91 Å². The van der Waals surface area contributed by atoms with Gasteiger partial charge in [-0.05, 0) is 77.3 Å². The molecule has 5 nitrogen and oxygen atoms in total. The van der Waals surface area contributed by atoms with Crippen molar-refractivity contribution in [3.05, 3.63) is 74.2 Å². The molecular weight excluding hydrogens is 439 g/mol. The van der Waals surface area contributed by atoms with Gasteiger partial charge in [0.1, 0.15) is 5.58 Å². The van der Waals surface area contributed by atoms with Crippen molar-refractivity contribution in [2.24, 2.45) is 0 Å². The van der Waals surface area contributed by atoms with Crippen LogP contribution in [-0.4, -0.2) is 11.0 Å². The van der Waals surface area contributed by atoms with E-state index in [0.717, 1.165) is 8.96 Å². The summed E-state index contributed by atoms with van der Waals surface area (Å²) in [7, 11) is 0. The van der Waals surface area contributed by atoms with Crippen LogP contribution in [0.5, 0.6) is 0 Å². The van der Waals surface area contributed by atoms with Gasteiger partial charge in [0.2, 0.25) is 0 Å². The smallest absolute Gasteiger partial charge is 0.336 e. The van der Waals surface area contributed by atoms with E-state index in [1.165, 1.54) is 6.07 Å². The van der Waals surface area contributed by atoms with E-state index >= 15 is 0 Å². The minimum absolute atomic E-state index is 0.190. The summed E-state index contributed by atoms with van der Waals surface area (Å²) < 4.78 is 6.04. The van der Waals surface area contributed by atoms with Crippen molar-refractivity contribution in [2.45, 2.75) is 0 Å². The molecule has 0 bridgehead atoms. The fraction of sp³-hybridized carbons (Fsp3) is 0. The Balaban J connectivity index is 1.71. The average molecular weight is 450 g/mol. The van der Waals surface area contributed by atoms with Gasteiger partial charge in [-0.2, -0.15) is 0 Å². The second-order valence-electron chi connectivity index (χ2n) is 4.93. The molecule has 0 saturated carbocycles. The number of halogens is 1. The highest BCUT2D eigenvalue weighted by Gasteiger charge is 2.08. The highest BCUT2D eigenvalue weighted by molar-refractivity contribution is 14.1. The molecule has 24 heavy (non-hydrogen) atoms. The Labute approximate surface area is 156 Å². The Morgan fingerprint density at radius 2 is 1.92 bits per heavy atom. The second-order valence-corrected chi connectivity index (χ2v) is 6.58. The number of anilines is 1. The molecule has 2 aromatic carbocycles. The highest BCUT2D eigenvalue weighted by atomic mass is 127. The lowest BCUT2D eigenvalue weighted by Crippen LogP contribution is -2.34. The fourth-order valence-corrected chi connectivity index (χ4v) is 2.87. The molecule has 0 radical (unpaired) electrons. The number of nitrogens with one attached hydrogen (secondary N) is 2. The van der Waals surface area contributed by atoms with Crippen molar-refractivity contribution in [3.8, 4) is 0 Å². The molecule has 1 aromatic heterocycles. The third-order valence-corrected chi connectivity index (χ3v) is 4.07. The number of rotatable bonds is 2. The lowest BCUT2D eigenvalue weighted by molar-refractivity contribution is 0.0977. The van der Waals surface area contributed by atoms with Gasteiger partial charge >= 0.3 is 5.63 Å². The molecule has 0 spiro atoms. The first kappa shape index (κ1) is 16.6. The maximum absolute atomic E-state index is 12.2. The first-order valence-corrected chi connectivity index (χ1v) is 8.42. The average Bonchev–Trinajstić information content (AvgIpc) is 2.55. The van der Waals surface area contributed by atoms with E-state index in [1.54, 1.807) is 36.4 Å². The second kappa shape index (κ2) is 7.10. The number of benzene rings is 2. The molecule has 0 aliphatic rings. The Morgan fingerprint density at radius 3 is 2.71 bits per heavy atom. The Bertz CT molecular complexity index is 1000. The van der Waals surface area contributed by atoms with Gasteiger partial charge < -0.3 is 9.73 Å². The maximum Gasteiger partial charge on any atom is 0.336 e. The minimum Gasteiger partial charge on any atom is -0.423 e. The Kier molecular flexibility index (Phi) is 4.91. The third kappa shape index (κ3) is 3.98. The van der Waals surface area contributed by atoms with Crippen molar-refractivity contribution in [2.75, 3.05) is 5.32 Å². The lowest BCUT2D eigenvalue weighted by atomic mass is 10.2. The van der Waals surface area contributed by atoms with Crippen LogP contribution in [0.3, 0.4) is 0 Å². The fourth-order valence-electron chi connectivity index (χ4n) is 2.12. The van der Waals surface area contributed by atoms with E-state index in [9.17, 15) is 9.59 Å². The summed E-state index contributed by atoms with van der Waals surface area (Å²) in [5.41, 5.74) is 1.31. The summed E-state index contributed by atoms with van der Waals surface area (Å²) in [6.45, 7) is 0. The predicted molar refractivity (Wildman–Crippen MR) is 105 cm³/mol. The molecule has 0 aliphatic carbocycles. The SMILES string of the molecule is O=C(NC(=S)Nc1ccc2oc(=O)ccc2c1)c1cccc(I)c1. The molecule has 2 N–H and O–H groups in total. The Hall–Kier alpha value is -2.26. The predicted octanol–water partition coefficient (Wildman–Crippen LogP) is 3.52. The van der Waals surface area contributed by atoms with E-state index < -0.39 is 5.63 Å². The normalized spacial score (nSPS) is 10.4. The molecular formula is C17H11IN2O3S. The first-order chi connectivity index (χ1) is 11.5. The van der Waals surface area contributed by atoms with Crippen molar-refractivity contribution in [1.29, 1.82) is 0 Å². The molecule has 3 aromatic rings. The highest BCUT2D eigenvalue weighted by Crippen LogP contribution is 2.17. The lowest BCUT2D eigenvalue weighted by Gasteiger charge is -2.10. The van der Waals surface area contributed by atoms with Crippen molar-refractivity contribution >= 4 is 62.5 Å². The summed E-state index contributed by atoms with van der Waals surface area (Å²) in [5.74, 6) is -0.280. The molecule has 0 fully saturated rings. The van der Waals surface area contributed by atoms with Crippen LogP contribution in [0.1, 0.15) is 10.4 Å². The monoisotopic (exact) mass is 450 g/mol. The zero-order valence-electron chi connectivity index (χ0n) is 12.2. The number of carbonyl (C=O) groups is 1. The van der Waals surface area contributed by atoms with Crippen LogP contribution >= 0.6 is 34.8 Å². The zero-order chi connectivity index (χ0) is 17.1. The van der Waals surface area contributed by atoms with Crippen molar-refractivity contribution < 1.29 is 9.21 Å². The van der Waals surface area contributed by atoms with E-state index in [-0.39, 0.29) is 11.0 Å². The van der Waals surface area contributed by atoms with Crippen molar-refractivity contribution in [3.63, 3.8) is 0 Å². The largest absolute Gasteiger partial charge is 0.423 e. The number of amides is 1. The number of fused-ring (bicyclic) bond motifs is 1. The third-order valence-electron chi connectivity index (χ3n) is 3.19. The van der Waals surface area contributed by atoms with Crippen LogP contribution in [0.25, 0.3) is 11.0 Å². The number of carbonyl (C=O) groups excluding carboxylic acids is 1. The quantitative estimate of drug-likeness (QED) is 0.355. The molecule has 7 heteroatoms. The van der Waals surface area contributed by atoms with Crippen LogP contribution in [0.4, 0.5) is 5.69 Å². The van der Waals surface area contributed by atoms with Crippen LogP contribution in [-0.2, 0) is 0 Å². The van der Waals surface area contributed by atoms with Gasteiger partial charge in [-0.1, -0.05) is 6.07 Å². The summed E-state index contributed by atoms with van der Waals surface area (Å²) in [6.07, 6.45) is 0. The molecule has 0 atom stereocenters. The Morgan fingerprint density at radius 1 is 1.08 bits per heavy atom. The van der Waals surface area contributed by atoms with E-state index in [4.69, 9.17) is 16.6 Å². The van der Waals surface area contributed by atoms with Crippen LogP contribution in [0.2, 0.25) is 0 Å². The van der Waals surface area contributed by atoms with Gasteiger partial charge in [-0.25, -0.2) is 4.79 Å².